The van der Waals surface area contributed by atoms with Crippen molar-refractivity contribution in [3.63, 3.8) is 0 Å². The Hall–Kier alpha value is -0.0800. The highest BCUT2D eigenvalue weighted by Crippen LogP contribution is 2.47. The van der Waals surface area contributed by atoms with Gasteiger partial charge in [-0.15, -0.1) is 24.0 Å². The molecule has 1 aliphatic carbocycles. The predicted octanol–water partition coefficient (Wildman–Crippen LogP) is 1.45. The average molecular weight is 433 g/mol. The van der Waals surface area contributed by atoms with Gasteiger partial charge in [0, 0.05) is 58.4 Å². The van der Waals surface area contributed by atoms with Gasteiger partial charge < -0.3 is 10.2 Å². The number of nitrogens with zero attached hydrogens (tertiary/aromatic N) is 4. The van der Waals surface area contributed by atoms with Gasteiger partial charge in [0.1, 0.15) is 0 Å². The SMILES string of the molecule is CCNC(=NCC1CN2CCN1CC2)N1CCC2(CCC2)C1.I. The van der Waals surface area contributed by atoms with Crippen LogP contribution in [0.5, 0.6) is 0 Å². The maximum absolute atomic E-state index is 5.02. The van der Waals surface area contributed by atoms with Crippen molar-refractivity contribution in [1.29, 1.82) is 0 Å². The average Bonchev–Trinajstić information content (AvgIpc) is 2.98. The largest absolute Gasteiger partial charge is 0.357 e. The highest BCUT2D eigenvalue weighted by Gasteiger charge is 2.43. The molecule has 132 valence electrons. The minimum Gasteiger partial charge on any atom is -0.357 e. The molecular weight excluding hydrogens is 401 g/mol. The Kier molecular flexibility index (Phi) is 5.73. The number of piperazine rings is 3. The minimum absolute atomic E-state index is 0. The summed E-state index contributed by atoms with van der Waals surface area (Å²) in [5.41, 5.74) is 0.648. The molecule has 4 heterocycles. The van der Waals surface area contributed by atoms with E-state index in [0.29, 0.717) is 11.5 Å². The molecule has 1 N–H and O–H groups in total. The van der Waals surface area contributed by atoms with Gasteiger partial charge in [0.05, 0.1) is 6.54 Å². The summed E-state index contributed by atoms with van der Waals surface area (Å²) in [7, 11) is 0. The number of hydrogen-bond donors (Lipinski definition) is 1. The first-order chi connectivity index (χ1) is 10.8. The first kappa shape index (κ1) is 17.7. The third-order valence-corrected chi connectivity index (χ3v) is 6.33. The molecule has 6 heteroatoms. The summed E-state index contributed by atoms with van der Waals surface area (Å²) in [4.78, 5) is 12.8. The lowest BCUT2D eigenvalue weighted by Crippen LogP contribution is -2.62. The smallest absolute Gasteiger partial charge is 0.193 e. The third-order valence-electron chi connectivity index (χ3n) is 6.33. The zero-order valence-electron chi connectivity index (χ0n) is 14.5. The van der Waals surface area contributed by atoms with Crippen LogP contribution in [0.3, 0.4) is 0 Å². The van der Waals surface area contributed by atoms with Gasteiger partial charge in [-0.2, -0.15) is 0 Å². The van der Waals surface area contributed by atoms with Crippen LogP contribution in [-0.4, -0.2) is 85.6 Å². The molecule has 4 saturated heterocycles. The molecule has 1 unspecified atom stereocenters. The van der Waals surface area contributed by atoms with E-state index in [9.17, 15) is 0 Å². The van der Waals surface area contributed by atoms with Crippen LogP contribution in [0.15, 0.2) is 4.99 Å². The van der Waals surface area contributed by atoms with Gasteiger partial charge >= 0.3 is 0 Å². The van der Waals surface area contributed by atoms with E-state index in [2.05, 4.69) is 26.9 Å². The summed E-state index contributed by atoms with van der Waals surface area (Å²) in [6, 6.07) is 0.636. The van der Waals surface area contributed by atoms with E-state index in [0.717, 1.165) is 13.1 Å². The molecule has 0 radical (unpaired) electrons. The molecule has 5 rings (SSSR count). The van der Waals surface area contributed by atoms with Crippen molar-refractivity contribution in [2.24, 2.45) is 10.4 Å². The van der Waals surface area contributed by atoms with Gasteiger partial charge in [0.15, 0.2) is 5.96 Å². The Morgan fingerprint density at radius 3 is 2.43 bits per heavy atom. The predicted molar refractivity (Wildman–Crippen MR) is 106 cm³/mol. The molecular formula is C17H32IN5. The van der Waals surface area contributed by atoms with Crippen LogP contribution in [0.2, 0.25) is 0 Å². The van der Waals surface area contributed by atoms with E-state index in [1.165, 1.54) is 77.5 Å². The number of nitrogens with one attached hydrogen (secondary N) is 1. The van der Waals surface area contributed by atoms with E-state index < -0.39 is 0 Å². The lowest BCUT2D eigenvalue weighted by Gasteiger charge is -2.47. The number of aliphatic imine (C=N–C) groups is 1. The molecule has 1 saturated carbocycles. The van der Waals surface area contributed by atoms with Crippen LogP contribution in [-0.2, 0) is 0 Å². The summed E-state index contributed by atoms with van der Waals surface area (Å²) in [6.45, 7) is 12.8. The van der Waals surface area contributed by atoms with Crippen molar-refractivity contribution in [2.45, 2.75) is 38.6 Å². The molecule has 0 aromatic carbocycles. The Bertz CT molecular complexity index is 429. The molecule has 2 bridgehead atoms. The second-order valence-electron chi connectivity index (χ2n) is 7.71. The first-order valence-electron chi connectivity index (χ1n) is 9.28. The Balaban J connectivity index is 0.00000156. The fraction of sp³-hybridized carbons (Fsp3) is 0.941. The van der Waals surface area contributed by atoms with Gasteiger partial charge in [0.2, 0.25) is 0 Å². The lowest BCUT2D eigenvalue weighted by atomic mass is 9.68. The van der Waals surface area contributed by atoms with Crippen LogP contribution in [0.1, 0.15) is 32.6 Å². The summed E-state index contributed by atoms with van der Waals surface area (Å²) >= 11 is 0. The Labute approximate surface area is 157 Å². The molecule has 1 atom stereocenters. The standard InChI is InChI=1S/C17H31N5.HI/c1-2-18-16(22-7-6-17(14-22)4-3-5-17)19-12-15-13-20-8-10-21(15)11-9-20;/h15H,2-14H2,1H3,(H,18,19);1H. The highest BCUT2D eigenvalue weighted by molar-refractivity contribution is 14.0. The van der Waals surface area contributed by atoms with E-state index in [-0.39, 0.29) is 24.0 Å². The van der Waals surface area contributed by atoms with Gasteiger partial charge in [-0.1, -0.05) is 6.42 Å². The molecule has 23 heavy (non-hydrogen) atoms. The van der Waals surface area contributed by atoms with Crippen molar-refractivity contribution in [1.82, 2.24) is 20.0 Å². The Morgan fingerprint density at radius 1 is 1.13 bits per heavy atom. The van der Waals surface area contributed by atoms with Crippen LogP contribution >= 0.6 is 24.0 Å². The monoisotopic (exact) mass is 433 g/mol. The topological polar surface area (TPSA) is 34.1 Å². The van der Waals surface area contributed by atoms with Crippen molar-refractivity contribution >= 4 is 29.9 Å². The molecule has 0 amide bonds. The summed E-state index contributed by atoms with van der Waals surface area (Å²) in [5, 5.41) is 3.54. The maximum Gasteiger partial charge on any atom is 0.193 e. The third kappa shape index (κ3) is 3.63. The quantitative estimate of drug-likeness (QED) is 0.415. The molecule has 0 aromatic heterocycles. The fourth-order valence-electron chi connectivity index (χ4n) is 4.72. The molecule has 1 spiro atoms. The fourth-order valence-corrected chi connectivity index (χ4v) is 4.72. The highest BCUT2D eigenvalue weighted by atomic mass is 127. The van der Waals surface area contributed by atoms with Gasteiger partial charge in [-0.3, -0.25) is 14.8 Å². The van der Waals surface area contributed by atoms with Crippen molar-refractivity contribution in [3.05, 3.63) is 0 Å². The summed E-state index contributed by atoms with van der Waals surface area (Å²) < 4.78 is 0. The minimum atomic E-state index is 0. The van der Waals surface area contributed by atoms with Gasteiger partial charge in [-0.25, -0.2) is 0 Å². The van der Waals surface area contributed by atoms with Crippen LogP contribution in [0.25, 0.3) is 0 Å². The van der Waals surface area contributed by atoms with Crippen molar-refractivity contribution < 1.29 is 0 Å². The second kappa shape index (κ2) is 7.44. The van der Waals surface area contributed by atoms with Crippen molar-refractivity contribution in [2.75, 3.05) is 58.9 Å². The molecule has 4 aliphatic heterocycles. The van der Waals surface area contributed by atoms with Gasteiger partial charge in [0.25, 0.3) is 0 Å². The van der Waals surface area contributed by atoms with E-state index in [4.69, 9.17) is 4.99 Å². The maximum atomic E-state index is 5.02. The van der Waals surface area contributed by atoms with Crippen LogP contribution < -0.4 is 5.32 Å². The number of likely N-dealkylation sites (tertiary alicyclic amines) is 1. The summed E-state index contributed by atoms with van der Waals surface area (Å²) in [5.74, 6) is 1.17. The molecule has 5 nitrogen and oxygen atoms in total. The van der Waals surface area contributed by atoms with Gasteiger partial charge in [-0.05, 0) is 31.6 Å². The number of guanidine groups is 1. The summed E-state index contributed by atoms with van der Waals surface area (Å²) in [6.07, 6.45) is 5.69. The molecule has 5 fully saturated rings. The van der Waals surface area contributed by atoms with Crippen LogP contribution in [0, 0.1) is 5.41 Å². The normalized spacial score (nSPS) is 35.1. The molecule has 5 aliphatic rings. The number of rotatable bonds is 3. The van der Waals surface area contributed by atoms with E-state index in [1.807, 2.05) is 0 Å². The van der Waals surface area contributed by atoms with E-state index >= 15 is 0 Å². The first-order valence-corrected chi connectivity index (χ1v) is 9.28. The zero-order valence-corrected chi connectivity index (χ0v) is 16.8. The zero-order chi connectivity index (χ0) is 15.0. The number of fused-ring (bicyclic) bond motifs is 3. The number of hydrogen-bond acceptors (Lipinski definition) is 3. The van der Waals surface area contributed by atoms with Crippen molar-refractivity contribution in [3.8, 4) is 0 Å². The van der Waals surface area contributed by atoms with Crippen LogP contribution in [0.4, 0.5) is 0 Å². The lowest BCUT2D eigenvalue weighted by molar-refractivity contribution is 0.0173. The Morgan fingerprint density at radius 2 is 1.91 bits per heavy atom. The molecule has 0 aromatic rings. The second-order valence-corrected chi connectivity index (χ2v) is 7.71. The number of halogens is 1. The van der Waals surface area contributed by atoms with E-state index in [1.54, 1.807) is 0 Å².